The zero-order chi connectivity index (χ0) is 25.6. The van der Waals surface area contributed by atoms with Gasteiger partial charge in [0.25, 0.3) is 0 Å². The summed E-state index contributed by atoms with van der Waals surface area (Å²) < 4.78 is 13.7. The number of pyridine rings is 1. The van der Waals surface area contributed by atoms with E-state index in [0.29, 0.717) is 17.8 Å². The van der Waals surface area contributed by atoms with Crippen molar-refractivity contribution in [1.82, 2.24) is 4.98 Å². The van der Waals surface area contributed by atoms with Crippen LogP contribution in [0.2, 0.25) is 0 Å². The van der Waals surface area contributed by atoms with Gasteiger partial charge in [-0.1, -0.05) is 18.2 Å². The SMILES string of the molecule is CC1(C)OB(c2ccc(C3CC4CC(C4)C3)c3c2C2(c4ncccc4-3)C3CC4CC(C3)CC2C4)OC1(C)C. The lowest BCUT2D eigenvalue weighted by Crippen LogP contribution is -2.58. The van der Waals surface area contributed by atoms with E-state index in [1.807, 2.05) is 0 Å². The molecule has 7 saturated carbocycles. The molecule has 9 aliphatic rings. The summed E-state index contributed by atoms with van der Waals surface area (Å²) in [6, 6.07) is 9.57. The topological polar surface area (TPSA) is 31.4 Å². The summed E-state index contributed by atoms with van der Waals surface area (Å²) in [5.41, 5.74) is 8.30. The van der Waals surface area contributed by atoms with Crippen molar-refractivity contribution in [3.63, 3.8) is 0 Å². The Morgan fingerprint density at radius 1 is 0.737 bits per heavy atom. The Balaban J connectivity index is 1.30. The molecule has 2 heterocycles. The minimum atomic E-state index is -0.338. The molecule has 0 N–H and O–H groups in total. The smallest absolute Gasteiger partial charge is 0.399 e. The van der Waals surface area contributed by atoms with Crippen molar-refractivity contribution in [3.05, 3.63) is 47.3 Å². The van der Waals surface area contributed by atoms with Crippen LogP contribution in [0, 0.1) is 35.5 Å². The molecule has 1 saturated heterocycles. The Bertz CT molecular complexity index is 1290. The van der Waals surface area contributed by atoms with Crippen LogP contribution in [0.3, 0.4) is 0 Å². The Morgan fingerprint density at radius 3 is 1.92 bits per heavy atom. The molecule has 38 heavy (non-hydrogen) atoms. The van der Waals surface area contributed by atoms with Crippen LogP contribution in [0.5, 0.6) is 0 Å². The van der Waals surface area contributed by atoms with Crippen LogP contribution in [0.1, 0.15) is 108 Å². The maximum absolute atomic E-state index is 6.83. The zero-order valence-electron chi connectivity index (χ0n) is 23.6. The molecule has 1 aromatic carbocycles. The molecule has 1 aromatic heterocycles. The van der Waals surface area contributed by atoms with E-state index >= 15 is 0 Å². The fourth-order valence-electron chi connectivity index (χ4n) is 11.1. The predicted molar refractivity (Wildman–Crippen MR) is 151 cm³/mol. The van der Waals surface area contributed by atoms with Crippen LogP contribution in [-0.4, -0.2) is 23.3 Å². The molecule has 8 aliphatic carbocycles. The summed E-state index contributed by atoms with van der Waals surface area (Å²) in [7, 11) is -0.314. The highest BCUT2D eigenvalue weighted by Crippen LogP contribution is 2.69. The van der Waals surface area contributed by atoms with E-state index in [1.54, 1.807) is 16.7 Å². The highest BCUT2D eigenvalue weighted by Gasteiger charge is 2.65. The van der Waals surface area contributed by atoms with Gasteiger partial charge in [-0.2, -0.15) is 0 Å². The Labute approximate surface area is 228 Å². The highest BCUT2D eigenvalue weighted by molar-refractivity contribution is 6.63. The van der Waals surface area contributed by atoms with Gasteiger partial charge >= 0.3 is 7.12 Å². The first-order chi connectivity index (χ1) is 18.2. The van der Waals surface area contributed by atoms with E-state index in [-0.39, 0.29) is 23.7 Å². The quantitative estimate of drug-likeness (QED) is 0.410. The maximum Gasteiger partial charge on any atom is 0.495 e. The third kappa shape index (κ3) is 2.78. The third-order valence-electron chi connectivity index (χ3n) is 13.1. The molecule has 2 aromatic rings. The maximum atomic E-state index is 6.83. The molecule has 11 rings (SSSR count). The van der Waals surface area contributed by atoms with Crippen molar-refractivity contribution in [3.8, 4) is 11.1 Å². The fourth-order valence-corrected chi connectivity index (χ4v) is 11.1. The van der Waals surface area contributed by atoms with Gasteiger partial charge in [-0.05, 0) is 155 Å². The van der Waals surface area contributed by atoms with Gasteiger partial charge in [-0.25, -0.2) is 0 Å². The van der Waals surface area contributed by atoms with Crippen LogP contribution in [-0.2, 0) is 14.7 Å². The van der Waals surface area contributed by atoms with Crippen LogP contribution in [0.25, 0.3) is 11.1 Å². The fraction of sp³-hybridized carbons (Fsp3) is 0.676. The van der Waals surface area contributed by atoms with E-state index in [0.717, 1.165) is 23.7 Å². The summed E-state index contributed by atoms with van der Waals surface area (Å²) in [4.78, 5) is 5.33. The molecular formula is C34H42BNO2. The second kappa shape index (κ2) is 7.35. The number of rotatable bonds is 2. The molecule has 3 nitrogen and oxygen atoms in total. The average molecular weight is 508 g/mol. The Kier molecular flexibility index (Phi) is 4.47. The molecule has 1 aliphatic heterocycles. The normalized spacial score (nSPS) is 42.3. The molecule has 198 valence electrons. The number of fused-ring (bicyclic) bond motifs is 5. The number of nitrogens with zero attached hydrogens (tertiary/aromatic N) is 1. The molecule has 0 atom stereocenters. The van der Waals surface area contributed by atoms with Gasteiger partial charge in [-0.3, -0.25) is 4.98 Å². The van der Waals surface area contributed by atoms with Gasteiger partial charge in [0.1, 0.15) is 0 Å². The Morgan fingerprint density at radius 2 is 1.32 bits per heavy atom. The third-order valence-corrected chi connectivity index (χ3v) is 13.1. The summed E-state index contributed by atoms with van der Waals surface area (Å²) >= 11 is 0. The van der Waals surface area contributed by atoms with Gasteiger partial charge < -0.3 is 9.31 Å². The molecule has 8 fully saturated rings. The zero-order valence-corrected chi connectivity index (χ0v) is 23.6. The monoisotopic (exact) mass is 507 g/mol. The van der Waals surface area contributed by atoms with Gasteiger partial charge in [-0.15, -0.1) is 0 Å². The molecule has 0 radical (unpaired) electrons. The lowest BCUT2D eigenvalue weighted by atomic mass is 9.42. The summed E-state index contributed by atoms with van der Waals surface area (Å²) in [5.74, 6) is 5.83. The summed E-state index contributed by atoms with van der Waals surface area (Å²) in [5, 5.41) is 0. The van der Waals surface area contributed by atoms with Crippen LogP contribution in [0.4, 0.5) is 0 Å². The van der Waals surface area contributed by atoms with Gasteiger partial charge in [0.2, 0.25) is 0 Å². The second-order valence-electron chi connectivity index (χ2n) is 15.5. The molecule has 4 heteroatoms. The number of aromatic nitrogens is 1. The van der Waals surface area contributed by atoms with Crippen LogP contribution >= 0.6 is 0 Å². The number of hydrogen-bond acceptors (Lipinski definition) is 3. The van der Waals surface area contributed by atoms with Gasteiger partial charge in [0, 0.05) is 17.2 Å². The molecular weight excluding hydrogens is 465 g/mol. The van der Waals surface area contributed by atoms with E-state index in [4.69, 9.17) is 14.3 Å². The summed E-state index contributed by atoms with van der Waals surface area (Å²) in [6.45, 7) is 8.80. The van der Waals surface area contributed by atoms with Gasteiger partial charge in [0.05, 0.1) is 16.9 Å². The number of hydrogen-bond donors (Lipinski definition) is 0. The molecule has 0 amide bonds. The summed E-state index contributed by atoms with van der Waals surface area (Å²) in [6.07, 6.45) is 14.8. The van der Waals surface area contributed by atoms with Gasteiger partial charge in [0.15, 0.2) is 0 Å². The molecule has 6 bridgehead atoms. The van der Waals surface area contributed by atoms with Crippen LogP contribution < -0.4 is 5.46 Å². The van der Waals surface area contributed by atoms with E-state index in [2.05, 4.69) is 58.2 Å². The van der Waals surface area contributed by atoms with Crippen molar-refractivity contribution >= 4 is 12.6 Å². The minimum absolute atomic E-state index is 0.0336. The first-order valence-corrected chi connectivity index (χ1v) is 15.7. The highest BCUT2D eigenvalue weighted by atomic mass is 16.7. The molecule has 1 spiro atoms. The second-order valence-corrected chi connectivity index (χ2v) is 15.5. The lowest BCUT2D eigenvalue weighted by Gasteiger charge is -2.60. The molecule has 0 unspecified atom stereocenters. The largest absolute Gasteiger partial charge is 0.495 e. The lowest BCUT2D eigenvalue weighted by molar-refractivity contribution is -0.0413. The first kappa shape index (κ1) is 23.1. The average Bonchev–Trinajstić information content (AvgIpc) is 3.29. The van der Waals surface area contributed by atoms with Crippen molar-refractivity contribution in [2.24, 2.45) is 35.5 Å². The van der Waals surface area contributed by atoms with Crippen molar-refractivity contribution < 1.29 is 9.31 Å². The minimum Gasteiger partial charge on any atom is -0.399 e. The van der Waals surface area contributed by atoms with E-state index < -0.39 is 0 Å². The van der Waals surface area contributed by atoms with Crippen molar-refractivity contribution in [2.75, 3.05) is 0 Å². The van der Waals surface area contributed by atoms with E-state index in [9.17, 15) is 0 Å². The Hall–Kier alpha value is -1.65. The predicted octanol–water partition coefficient (Wildman–Crippen LogP) is 7.01. The number of benzene rings is 1. The van der Waals surface area contributed by atoms with E-state index in [1.165, 1.54) is 74.5 Å². The van der Waals surface area contributed by atoms with Crippen molar-refractivity contribution in [2.45, 2.75) is 108 Å². The van der Waals surface area contributed by atoms with Crippen molar-refractivity contribution in [1.29, 1.82) is 0 Å². The van der Waals surface area contributed by atoms with Crippen LogP contribution in [0.15, 0.2) is 30.5 Å². The first-order valence-electron chi connectivity index (χ1n) is 15.7. The standard InChI is InChI=1S/C34H42BNO2/c1-32(2)33(3,4)38-35(37-32)28-8-7-26(23-13-19-10-20(11-19)14-23)29-27-6-5-9-36-31(27)34(30(28)29)24-15-21-12-22(17-24)18-25(34)16-21/h5-9,19-25H,10-18H2,1-4H3.